The fourth-order valence-electron chi connectivity index (χ4n) is 2.95. The number of nitrogens with zero attached hydrogens (tertiary/aromatic N) is 1. The summed E-state index contributed by atoms with van der Waals surface area (Å²) in [5, 5.41) is 3.42. The molecule has 1 aliphatic heterocycles. The molecule has 9 heteroatoms. The molecule has 0 spiro atoms. The van der Waals surface area contributed by atoms with Crippen LogP contribution in [0.15, 0.2) is 28.5 Å². The highest BCUT2D eigenvalue weighted by Gasteiger charge is 2.28. The average molecular weight is 447 g/mol. The van der Waals surface area contributed by atoms with E-state index in [1.165, 1.54) is 23.5 Å². The highest BCUT2D eigenvalue weighted by molar-refractivity contribution is 7.91. The molecule has 0 radical (unpaired) electrons. The lowest BCUT2D eigenvalue weighted by Gasteiger charge is -2.18. The van der Waals surface area contributed by atoms with Gasteiger partial charge in [0.1, 0.15) is 4.21 Å². The van der Waals surface area contributed by atoms with Gasteiger partial charge in [-0.2, -0.15) is 4.31 Å². The number of amides is 1. The van der Waals surface area contributed by atoms with Crippen LogP contribution in [0.5, 0.6) is 0 Å². The number of rotatable bonds is 4. The number of hydrogen-bond acceptors (Lipinski definition) is 4. The zero-order valence-electron chi connectivity index (χ0n) is 14.8. The van der Waals surface area contributed by atoms with Crippen LogP contribution < -0.4 is 5.32 Å². The van der Waals surface area contributed by atoms with Crippen LogP contribution in [0.2, 0.25) is 10.0 Å². The third-order valence-corrected chi connectivity index (χ3v) is 8.62. The van der Waals surface area contributed by atoms with Crippen molar-refractivity contribution in [3.8, 4) is 0 Å². The molecule has 3 rings (SSSR count). The number of thiophene rings is 1. The van der Waals surface area contributed by atoms with Gasteiger partial charge in [0.15, 0.2) is 0 Å². The maximum absolute atomic E-state index is 12.9. The van der Waals surface area contributed by atoms with Crippen LogP contribution in [0.1, 0.15) is 40.9 Å². The Morgan fingerprint density at radius 3 is 2.37 bits per heavy atom. The van der Waals surface area contributed by atoms with Crippen LogP contribution >= 0.6 is 34.5 Å². The van der Waals surface area contributed by atoms with Gasteiger partial charge in [-0.25, -0.2) is 8.42 Å². The lowest BCUT2D eigenvalue weighted by Crippen LogP contribution is -2.31. The molecule has 1 aliphatic rings. The Kier molecular flexibility index (Phi) is 6.48. The van der Waals surface area contributed by atoms with Gasteiger partial charge in [-0.05, 0) is 44.0 Å². The van der Waals surface area contributed by atoms with Crippen molar-refractivity contribution in [2.45, 2.75) is 36.8 Å². The standard InChI is InChI=1S/C18H20Cl2N2O3S2/c1-12-16(21-18(23)13-6-7-14(19)15(20)10-13)11-17(26-12)27(24,25)22-8-4-2-3-5-9-22/h6-7,10-11H,2-5,8-9H2,1H3,(H,21,23). The molecule has 2 aromatic rings. The minimum atomic E-state index is -3.54. The molecule has 0 aliphatic carbocycles. The van der Waals surface area contributed by atoms with E-state index in [0.29, 0.717) is 29.4 Å². The zero-order valence-corrected chi connectivity index (χ0v) is 17.9. The van der Waals surface area contributed by atoms with Crippen molar-refractivity contribution < 1.29 is 13.2 Å². The zero-order chi connectivity index (χ0) is 19.6. The van der Waals surface area contributed by atoms with Gasteiger partial charge in [0.2, 0.25) is 0 Å². The molecule has 1 N–H and O–H groups in total. The Bertz CT molecular complexity index is 950. The van der Waals surface area contributed by atoms with Gasteiger partial charge < -0.3 is 5.32 Å². The first-order valence-corrected chi connectivity index (χ1v) is 11.7. The predicted molar refractivity (Wildman–Crippen MR) is 111 cm³/mol. The Balaban J connectivity index is 1.81. The van der Waals surface area contributed by atoms with Crippen molar-refractivity contribution in [1.29, 1.82) is 0 Å². The van der Waals surface area contributed by atoms with Crippen molar-refractivity contribution >= 4 is 56.2 Å². The minimum Gasteiger partial charge on any atom is -0.321 e. The average Bonchev–Trinajstić information content (AvgIpc) is 2.84. The number of nitrogens with one attached hydrogen (secondary N) is 1. The van der Waals surface area contributed by atoms with Crippen LogP contribution in [-0.2, 0) is 10.0 Å². The molecule has 0 unspecified atom stereocenters. The van der Waals surface area contributed by atoms with E-state index >= 15 is 0 Å². The summed E-state index contributed by atoms with van der Waals surface area (Å²) < 4.78 is 27.7. The Morgan fingerprint density at radius 1 is 1.07 bits per heavy atom. The molecule has 1 saturated heterocycles. The number of anilines is 1. The summed E-state index contributed by atoms with van der Waals surface area (Å²) in [4.78, 5) is 13.2. The molecule has 0 saturated carbocycles. The smallest absolute Gasteiger partial charge is 0.255 e. The second-order valence-corrected chi connectivity index (χ2v) is 10.7. The number of carbonyl (C=O) groups is 1. The first kappa shape index (κ1) is 20.6. The Morgan fingerprint density at radius 2 is 1.74 bits per heavy atom. The summed E-state index contributed by atoms with van der Waals surface area (Å²) in [6.07, 6.45) is 3.87. The summed E-state index contributed by atoms with van der Waals surface area (Å²) in [5.74, 6) is -0.367. The quantitative estimate of drug-likeness (QED) is 0.702. The van der Waals surface area contributed by atoms with E-state index < -0.39 is 10.0 Å². The summed E-state index contributed by atoms with van der Waals surface area (Å²) in [5.41, 5.74) is 0.844. The molecule has 0 bridgehead atoms. The van der Waals surface area contributed by atoms with E-state index in [1.54, 1.807) is 23.4 Å². The third kappa shape index (κ3) is 4.66. The molecule has 1 aromatic carbocycles. The van der Waals surface area contributed by atoms with Gasteiger partial charge in [-0.3, -0.25) is 4.79 Å². The molecule has 27 heavy (non-hydrogen) atoms. The van der Waals surface area contributed by atoms with Crippen LogP contribution in [0.4, 0.5) is 5.69 Å². The minimum absolute atomic E-state index is 0.256. The highest BCUT2D eigenvalue weighted by Crippen LogP contribution is 2.33. The van der Waals surface area contributed by atoms with Crippen molar-refractivity contribution in [2.75, 3.05) is 18.4 Å². The molecular weight excluding hydrogens is 427 g/mol. The van der Waals surface area contributed by atoms with E-state index in [-0.39, 0.29) is 15.1 Å². The number of sulfonamides is 1. The summed E-state index contributed by atoms with van der Waals surface area (Å²) in [6.45, 7) is 2.88. The van der Waals surface area contributed by atoms with Crippen LogP contribution in [0.25, 0.3) is 0 Å². The number of carbonyl (C=O) groups excluding carboxylic acids is 1. The molecule has 0 atom stereocenters. The van der Waals surface area contributed by atoms with Crippen molar-refractivity contribution in [2.24, 2.45) is 0 Å². The summed E-state index contributed by atoms with van der Waals surface area (Å²) >= 11 is 13.0. The van der Waals surface area contributed by atoms with Gasteiger partial charge in [0.25, 0.3) is 15.9 Å². The lowest BCUT2D eigenvalue weighted by atomic mass is 10.2. The van der Waals surface area contributed by atoms with E-state index in [4.69, 9.17) is 23.2 Å². The fourth-order valence-corrected chi connectivity index (χ4v) is 6.32. The van der Waals surface area contributed by atoms with Crippen LogP contribution in [0.3, 0.4) is 0 Å². The summed E-state index contributed by atoms with van der Waals surface area (Å²) in [6, 6.07) is 6.14. The number of aryl methyl sites for hydroxylation is 1. The molecule has 1 aromatic heterocycles. The first-order valence-electron chi connectivity index (χ1n) is 8.66. The van der Waals surface area contributed by atoms with Gasteiger partial charge in [-0.1, -0.05) is 36.0 Å². The molecular formula is C18H20Cl2N2O3S2. The van der Waals surface area contributed by atoms with Crippen molar-refractivity contribution in [3.05, 3.63) is 44.8 Å². The second kappa shape index (κ2) is 8.49. The fraction of sp³-hybridized carbons (Fsp3) is 0.389. The SMILES string of the molecule is Cc1sc(S(=O)(=O)N2CCCCCC2)cc1NC(=O)c1ccc(Cl)c(Cl)c1. The summed E-state index contributed by atoms with van der Waals surface area (Å²) in [7, 11) is -3.54. The molecule has 1 fully saturated rings. The molecule has 2 heterocycles. The van der Waals surface area contributed by atoms with Crippen LogP contribution in [0, 0.1) is 6.92 Å². The molecule has 5 nitrogen and oxygen atoms in total. The maximum atomic E-state index is 12.9. The molecule has 1 amide bonds. The Hall–Kier alpha value is -1.12. The highest BCUT2D eigenvalue weighted by atomic mass is 35.5. The lowest BCUT2D eigenvalue weighted by molar-refractivity contribution is 0.102. The maximum Gasteiger partial charge on any atom is 0.255 e. The normalized spacial score (nSPS) is 16.1. The topological polar surface area (TPSA) is 66.5 Å². The van der Waals surface area contributed by atoms with E-state index in [0.717, 1.165) is 30.6 Å². The Labute approximate surface area is 173 Å². The van der Waals surface area contributed by atoms with Gasteiger partial charge in [-0.15, -0.1) is 11.3 Å². The van der Waals surface area contributed by atoms with Crippen molar-refractivity contribution in [1.82, 2.24) is 4.31 Å². The number of hydrogen-bond donors (Lipinski definition) is 1. The second-order valence-electron chi connectivity index (χ2n) is 6.44. The van der Waals surface area contributed by atoms with Gasteiger partial charge in [0, 0.05) is 23.5 Å². The predicted octanol–water partition coefficient (Wildman–Crippen LogP) is 5.18. The van der Waals surface area contributed by atoms with Gasteiger partial charge >= 0.3 is 0 Å². The monoisotopic (exact) mass is 446 g/mol. The largest absolute Gasteiger partial charge is 0.321 e. The number of halogens is 2. The third-order valence-electron chi connectivity index (χ3n) is 4.48. The van der Waals surface area contributed by atoms with Gasteiger partial charge in [0.05, 0.1) is 15.7 Å². The number of benzene rings is 1. The van der Waals surface area contributed by atoms with E-state index in [1.807, 2.05) is 0 Å². The van der Waals surface area contributed by atoms with E-state index in [2.05, 4.69) is 5.32 Å². The van der Waals surface area contributed by atoms with E-state index in [9.17, 15) is 13.2 Å². The van der Waals surface area contributed by atoms with Crippen LogP contribution in [-0.4, -0.2) is 31.7 Å². The van der Waals surface area contributed by atoms with Crippen molar-refractivity contribution in [3.63, 3.8) is 0 Å². The molecule has 146 valence electrons. The first-order chi connectivity index (χ1) is 12.8.